The second kappa shape index (κ2) is 7.10. The first-order valence-electron chi connectivity index (χ1n) is 6.95. The van der Waals surface area contributed by atoms with Crippen LogP contribution in [0.3, 0.4) is 0 Å². The SMILES string of the molecule is Cn1c(SCC(=O)NCc2ccco2)nnc1-c1cccnc1. The number of nitrogens with one attached hydrogen (secondary N) is 1. The second-order valence-corrected chi connectivity index (χ2v) is 5.69. The highest BCUT2D eigenvalue weighted by atomic mass is 32.2. The predicted molar refractivity (Wildman–Crippen MR) is 85.5 cm³/mol. The molecule has 0 aliphatic heterocycles. The summed E-state index contributed by atoms with van der Waals surface area (Å²) in [6, 6.07) is 7.37. The lowest BCUT2D eigenvalue weighted by molar-refractivity contribution is -0.118. The molecule has 0 fully saturated rings. The van der Waals surface area contributed by atoms with Gasteiger partial charge in [-0.05, 0) is 24.3 Å². The van der Waals surface area contributed by atoms with Crippen LogP contribution in [0.4, 0.5) is 0 Å². The third-order valence-electron chi connectivity index (χ3n) is 3.13. The van der Waals surface area contributed by atoms with Gasteiger partial charge in [0.25, 0.3) is 0 Å². The van der Waals surface area contributed by atoms with Crippen molar-refractivity contribution in [1.82, 2.24) is 25.1 Å². The number of nitrogens with zero attached hydrogens (tertiary/aromatic N) is 4. The molecule has 0 unspecified atom stereocenters. The molecular weight excluding hydrogens is 314 g/mol. The van der Waals surface area contributed by atoms with E-state index in [0.29, 0.717) is 11.7 Å². The molecule has 8 heteroatoms. The fraction of sp³-hybridized carbons (Fsp3) is 0.200. The highest BCUT2D eigenvalue weighted by molar-refractivity contribution is 7.99. The molecule has 0 radical (unpaired) electrons. The number of amides is 1. The van der Waals surface area contributed by atoms with E-state index in [1.807, 2.05) is 29.8 Å². The van der Waals surface area contributed by atoms with Gasteiger partial charge in [0, 0.05) is 25.0 Å². The molecule has 23 heavy (non-hydrogen) atoms. The predicted octanol–water partition coefficient (Wildman–Crippen LogP) is 1.88. The van der Waals surface area contributed by atoms with E-state index < -0.39 is 0 Å². The average molecular weight is 329 g/mol. The zero-order valence-electron chi connectivity index (χ0n) is 12.5. The van der Waals surface area contributed by atoms with Gasteiger partial charge in [-0.2, -0.15) is 0 Å². The fourth-order valence-electron chi connectivity index (χ4n) is 1.97. The first-order valence-corrected chi connectivity index (χ1v) is 7.94. The van der Waals surface area contributed by atoms with Gasteiger partial charge in [0.15, 0.2) is 11.0 Å². The molecule has 0 aliphatic carbocycles. The molecule has 118 valence electrons. The molecule has 3 heterocycles. The molecule has 1 N–H and O–H groups in total. The van der Waals surface area contributed by atoms with Gasteiger partial charge in [-0.1, -0.05) is 11.8 Å². The lowest BCUT2D eigenvalue weighted by Crippen LogP contribution is -2.24. The Morgan fingerprint density at radius 3 is 3.00 bits per heavy atom. The summed E-state index contributed by atoms with van der Waals surface area (Å²) in [4.78, 5) is 15.9. The third kappa shape index (κ3) is 3.78. The summed E-state index contributed by atoms with van der Waals surface area (Å²) in [5, 5.41) is 11.7. The van der Waals surface area contributed by atoms with Crippen molar-refractivity contribution in [2.75, 3.05) is 5.75 Å². The van der Waals surface area contributed by atoms with E-state index >= 15 is 0 Å². The highest BCUT2D eigenvalue weighted by Crippen LogP contribution is 2.21. The van der Waals surface area contributed by atoms with Crippen LogP contribution in [0, 0.1) is 0 Å². The second-order valence-electron chi connectivity index (χ2n) is 4.75. The van der Waals surface area contributed by atoms with Crippen LogP contribution in [0.2, 0.25) is 0 Å². The molecule has 1 amide bonds. The maximum absolute atomic E-state index is 11.9. The van der Waals surface area contributed by atoms with Crippen LogP contribution in [-0.4, -0.2) is 31.4 Å². The molecule has 0 saturated heterocycles. The van der Waals surface area contributed by atoms with E-state index in [2.05, 4.69) is 20.5 Å². The van der Waals surface area contributed by atoms with E-state index in [-0.39, 0.29) is 11.7 Å². The van der Waals surface area contributed by atoms with Gasteiger partial charge in [0.2, 0.25) is 5.91 Å². The molecule has 0 spiro atoms. The molecule has 0 atom stereocenters. The molecule has 0 aliphatic rings. The van der Waals surface area contributed by atoms with Crippen molar-refractivity contribution >= 4 is 17.7 Å². The molecule has 3 aromatic heterocycles. The van der Waals surface area contributed by atoms with E-state index in [1.165, 1.54) is 11.8 Å². The number of rotatable bonds is 6. The van der Waals surface area contributed by atoms with Crippen LogP contribution >= 0.6 is 11.8 Å². The number of thioether (sulfide) groups is 1. The van der Waals surface area contributed by atoms with Crippen LogP contribution in [0.15, 0.2) is 52.5 Å². The monoisotopic (exact) mass is 329 g/mol. The Hall–Kier alpha value is -2.61. The Morgan fingerprint density at radius 2 is 2.26 bits per heavy atom. The summed E-state index contributed by atoms with van der Waals surface area (Å²) in [5.74, 6) is 1.62. The molecule has 7 nitrogen and oxygen atoms in total. The molecule has 0 bridgehead atoms. The Bertz CT molecular complexity index is 771. The number of carbonyl (C=O) groups excluding carboxylic acids is 1. The van der Waals surface area contributed by atoms with Crippen molar-refractivity contribution in [2.45, 2.75) is 11.7 Å². The number of hydrogen-bond acceptors (Lipinski definition) is 6. The van der Waals surface area contributed by atoms with E-state index in [4.69, 9.17) is 4.42 Å². The van der Waals surface area contributed by atoms with E-state index in [0.717, 1.165) is 17.1 Å². The number of pyridine rings is 1. The van der Waals surface area contributed by atoms with Crippen LogP contribution in [0.25, 0.3) is 11.4 Å². The minimum Gasteiger partial charge on any atom is -0.467 e. The van der Waals surface area contributed by atoms with Crippen molar-refractivity contribution < 1.29 is 9.21 Å². The lowest BCUT2D eigenvalue weighted by Gasteiger charge is -2.04. The summed E-state index contributed by atoms with van der Waals surface area (Å²) < 4.78 is 7.01. The first-order chi connectivity index (χ1) is 11.2. The Balaban J connectivity index is 1.56. The summed E-state index contributed by atoms with van der Waals surface area (Å²) in [5.41, 5.74) is 0.886. The van der Waals surface area contributed by atoms with Crippen LogP contribution < -0.4 is 5.32 Å². The third-order valence-corrected chi connectivity index (χ3v) is 4.15. The number of furan rings is 1. The van der Waals surface area contributed by atoms with E-state index in [1.54, 1.807) is 24.7 Å². The van der Waals surface area contributed by atoms with Gasteiger partial charge in [-0.3, -0.25) is 9.78 Å². The van der Waals surface area contributed by atoms with Crippen LogP contribution in [0.1, 0.15) is 5.76 Å². The first kappa shape index (κ1) is 15.3. The minimum atomic E-state index is -0.0858. The summed E-state index contributed by atoms with van der Waals surface area (Å²) in [7, 11) is 1.87. The van der Waals surface area contributed by atoms with Gasteiger partial charge in [0.05, 0.1) is 18.6 Å². The van der Waals surface area contributed by atoms with E-state index in [9.17, 15) is 4.79 Å². The van der Waals surface area contributed by atoms with Gasteiger partial charge < -0.3 is 14.3 Å². The summed E-state index contributed by atoms with van der Waals surface area (Å²) in [6.07, 6.45) is 5.02. The maximum atomic E-state index is 11.9. The van der Waals surface area contributed by atoms with Crippen molar-refractivity contribution in [1.29, 1.82) is 0 Å². The maximum Gasteiger partial charge on any atom is 0.230 e. The van der Waals surface area contributed by atoms with Crippen LogP contribution in [-0.2, 0) is 18.4 Å². The standard InChI is InChI=1S/C15H15N5O2S/c1-20-14(11-4-2-6-16-8-11)18-19-15(20)23-10-13(21)17-9-12-5-3-7-22-12/h2-8H,9-10H2,1H3,(H,17,21). The smallest absolute Gasteiger partial charge is 0.230 e. The van der Waals surface area contributed by atoms with Crippen molar-refractivity contribution in [3.8, 4) is 11.4 Å². The van der Waals surface area contributed by atoms with Crippen molar-refractivity contribution in [3.05, 3.63) is 48.7 Å². The zero-order valence-corrected chi connectivity index (χ0v) is 13.3. The normalized spacial score (nSPS) is 10.7. The van der Waals surface area contributed by atoms with Crippen molar-refractivity contribution in [2.24, 2.45) is 7.05 Å². The summed E-state index contributed by atoms with van der Waals surface area (Å²) in [6.45, 7) is 0.381. The quantitative estimate of drug-likeness (QED) is 0.695. The lowest BCUT2D eigenvalue weighted by atomic mass is 10.3. The Morgan fingerprint density at radius 1 is 1.35 bits per heavy atom. The fourth-order valence-corrected chi connectivity index (χ4v) is 2.71. The highest BCUT2D eigenvalue weighted by Gasteiger charge is 2.13. The number of hydrogen-bond donors (Lipinski definition) is 1. The van der Waals surface area contributed by atoms with Crippen LogP contribution in [0.5, 0.6) is 0 Å². The largest absolute Gasteiger partial charge is 0.467 e. The number of carbonyl (C=O) groups is 1. The van der Waals surface area contributed by atoms with Gasteiger partial charge >= 0.3 is 0 Å². The Kier molecular flexibility index (Phi) is 4.72. The zero-order chi connectivity index (χ0) is 16.1. The average Bonchev–Trinajstić information content (AvgIpc) is 3.22. The van der Waals surface area contributed by atoms with Gasteiger partial charge in [0.1, 0.15) is 5.76 Å². The molecule has 3 aromatic rings. The molecule has 3 rings (SSSR count). The minimum absolute atomic E-state index is 0.0858. The van der Waals surface area contributed by atoms with Gasteiger partial charge in [-0.25, -0.2) is 0 Å². The Labute approximate surface area is 137 Å². The van der Waals surface area contributed by atoms with Gasteiger partial charge in [-0.15, -0.1) is 10.2 Å². The molecular formula is C15H15N5O2S. The molecule has 0 aromatic carbocycles. The van der Waals surface area contributed by atoms with Crippen molar-refractivity contribution in [3.63, 3.8) is 0 Å². The summed E-state index contributed by atoms with van der Waals surface area (Å²) >= 11 is 1.33. The topological polar surface area (TPSA) is 85.8 Å². The number of aromatic nitrogens is 4. The molecule has 0 saturated carbocycles.